The molecular formula is C10H13N. The number of hydrogen-bond donors (Lipinski definition) is 0. The molecule has 0 aromatic rings. The number of nitrogens with zero attached hydrogens (tertiary/aromatic N) is 1. The van der Waals surface area contributed by atoms with Gasteiger partial charge in [0.2, 0.25) is 0 Å². The summed E-state index contributed by atoms with van der Waals surface area (Å²) in [7, 11) is 0. The third-order valence-electron chi connectivity index (χ3n) is 1.47. The van der Waals surface area contributed by atoms with Crippen molar-refractivity contribution in [3.05, 3.63) is 36.0 Å². The van der Waals surface area contributed by atoms with Crippen molar-refractivity contribution in [2.24, 2.45) is 4.99 Å². The Morgan fingerprint density at radius 1 is 1.36 bits per heavy atom. The highest BCUT2D eigenvalue weighted by Crippen LogP contribution is 1.97. The van der Waals surface area contributed by atoms with E-state index in [0.29, 0.717) is 0 Å². The van der Waals surface area contributed by atoms with Gasteiger partial charge in [-0.15, -0.1) is 0 Å². The summed E-state index contributed by atoms with van der Waals surface area (Å²) < 4.78 is 0. The van der Waals surface area contributed by atoms with Crippen LogP contribution in [0.15, 0.2) is 40.9 Å². The van der Waals surface area contributed by atoms with Crippen LogP contribution in [-0.2, 0) is 0 Å². The quantitative estimate of drug-likeness (QED) is 0.499. The first-order valence-electron chi connectivity index (χ1n) is 3.89. The second kappa shape index (κ2) is 4.67. The lowest BCUT2D eigenvalue weighted by Crippen LogP contribution is -1.79. The van der Waals surface area contributed by atoms with Crippen LogP contribution in [0.25, 0.3) is 0 Å². The van der Waals surface area contributed by atoms with E-state index in [2.05, 4.69) is 36.2 Å². The zero-order valence-electron chi connectivity index (χ0n) is 6.83. The van der Waals surface area contributed by atoms with Crippen LogP contribution in [0.4, 0.5) is 0 Å². The highest BCUT2D eigenvalue weighted by atomic mass is 14.7. The minimum atomic E-state index is 0.897. The van der Waals surface area contributed by atoms with Gasteiger partial charge in [-0.25, -0.2) is 0 Å². The zero-order valence-corrected chi connectivity index (χ0v) is 6.83. The van der Waals surface area contributed by atoms with Crippen LogP contribution in [-0.4, -0.2) is 12.8 Å². The van der Waals surface area contributed by atoms with Gasteiger partial charge in [-0.3, -0.25) is 4.99 Å². The van der Waals surface area contributed by atoms with Crippen LogP contribution in [0, 0.1) is 0 Å². The molecule has 0 atom stereocenters. The summed E-state index contributed by atoms with van der Waals surface area (Å²) in [6, 6.07) is 0. The second-order valence-electron chi connectivity index (χ2n) is 2.54. The first kappa shape index (κ1) is 7.99. The maximum atomic E-state index is 4.18. The average Bonchev–Trinajstić information content (AvgIpc) is 2.03. The topological polar surface area (TPSA) is 12.4 Å². The Hall–Kier alpha value is -1.11. The Bertz CT molecular complexity index is 219. The lowest BCUT2D eigenvalue weighted by atomic mass is 10.2. The van der Waals surface area contributed by atoms with Gasteiger partial charge >= 0.3 is 0 Å². The Morgan fingerprint density at radius 3 is 3.18 bits per heavy atom. The molecule has 1 rings (SSSR count). The third kappa shape index (κ3) is 3.56. The standard InChI is InChI=1S/C10H13N/c1-10-6-3-2-4-8-11-9-5-7-10/h2-3,5-7,9H,4,8H2,1H3/b3-2-,7-5-,10-6+,11-9+. The normalized spacial score (nSPS) is 31.5. The highest BCUT2D eigenvalue weighted by molar-refractivity contribution is 5.71. The molecule has 1 aliphatic rings. The molecule has 0 spiro atoms. The van der Waals surface area contributed by atoms with Gasteiger partial charge in [0, 0.05) is 12.8 Å². The summed E-state index contributed by atoms with van der Waals surface area (Å²) in [5, 5.41) is 0. The summed E-state index contributed by atoms with van der Waals surface area (Å²) in [4.78, 5) is 4.18. The maximum Gasteiger partial charge on any atom is 0.0423 e. The summed E-state index contributed by atoms with van der Waals surface area (Å²) in [6.45, 7) is 2.98. The van der Waals surface area contributed by atoms with Gasteiger partial charge < -0.3 is 0 Å². The van der Waals surface area contributed by atoms with Crippen molar-refractivity contribution in [1.82, 2.24) is 0 Å². The Balaban J connectivity index is 2.67. The van der Waals surface area contributed by atoms with Crippen molar-refractivity contribution in [2.75, 3.05) is 6.54 Å². The Kier molecular flexibility index (Phi) is 3.39. The average molecular weight is 147 g/mol. The predicted octanol–water partition coefficient (Wildman–Crippen LogP) is 2.52. The maximum absolute atomic E-state index is 4.18. The first-order chi connectivity index (χ1) is 5.39. The molecule has 0 unspecified atom stereocenters. The van der Waals surface area contributed by atoms with Crippen LogP contribution in [0.1, 0.15) is 13.3 Å². The fourth-order valence-corrected chi connectivity index (χ4v) is 0.851. The van der Waals surface area contributed by atoms with Crippen LogP contribution < -0.4 is 0 Å². The number of aliphatic imine (C=N–C) groups is 1. The summed E-state index contributed by atoms with van der Waals surface area (Å²) in [6.07, 6.45) is 13.3. The van der Waals surface area contributed by atoms with Crippen LogP contribution >= 0.6 is 0 Å². The fraction of sp³-hybridized carbons (Fsp3) is 0.300. The van der Waals surface area contributed by atoms with E-state index in [-0.39, 0.29) is 0 Å². The predicted molar refractivity (Wildman–Crippen MR) is 50.0 cm³/mol. The van der Waals surface area contributed by atoms with Crippen LogP contribution in [0.2, 0.25) is 0 Å². The van der Waals surface area contributed by atoms with Gasteiger partial charge in [0.05, 0.1) is 0 Å². The lowest BCUT2D eigenvalue weighted by Gasteiger charge is -1.90. The number of hydrogen-bond acceptors (Lipinski definition) is 1. The van der Waals surface area contributed by atoms with Crippen molar-refractivity contribution < 1.29 is 0 Å². The number of allylic oxidation sites excluding steroid dienone is 5. The molecule has 1 heteroatoms. The van der Waals surface area contributed by atoms with Crippen LogP contribution in [0.3, 0.4) is 0 Å². The molecule has 0 aliphatic carbocycles. The van der Waals surface area contributed by atoms with Gasteiger partial charge in [0.15, 0.2) is 0 Å². The number of rotatable bonds is 0. The van der Waals surface area contributed by atoms with E-state index in [1.54, 1.807) is 0 Å². The molecule has 0 N–H and O–H groups in total. The largest absolute Gasteiger partial charge is 0.293 e. The van der Waals surface area contributed by atoms with Crippen molar-refractivity contribution >= 4 is 6.21 Å². The van der Waals surface area contributed by atoms with E-state index in [1.165, 1.54) is 5.57 Å². The SMILES string of the molecule is CC1=C\C=C/CC/N=C/C=C\1. The Morgan fingerprint density at radius 2 is 2.27 bits per heavy atom. The molecule has 1 nitrogen and oxygen atoms in total. The third-order valence-corrected chi connectivity index (χ3v) is 1.47. The van der Waals surface area contributed by atoms with E-state index in [4.69, 9.17) is 0 Å². The Labute approximate surface area is 67.8 Å². The molecule has 1 aliphatic heterocycles. The molecule has 0 amide bonds. The minimum absolute atomic E-state index is 0.897. The molecule has 0 saturated heterocycles. The molecule has 1 heterocycles. The van der Waals surface area contributed by atoms with Gasteiger partial charge in [-0.2, -0.15) is 0 Å². The fourth-order valence-electron chi connectivity index (χ4n) is 0.851. The van der Waals surface area contributed by atoms with Gasteiger partial charge in [-0.1, -0.05) is 29.9 Å². The molecule has 11 heavy (non-hydrogen) atoms. The van der Waals surface area contributed by atoms with E-state index < -0.39 is 0 Å². The van der Waals surface area contributed by atoms with Gasteiger partial charge in [-0.05, 0) is 19.4 Å². The smallest absolute Gasteiger partial charge is 0.0423 e. The van der Waals surface area contributed by atoms with Crippen LogP contribution in [0.5, 0.6) is 0 Å². The zero-order chi connectivity index (χ0) is 7.94. The molecule has 0 aromatic heterocycles. The van der Waals surface area contributed by atoms with Crippen molar-refractivity contribution in [2.45, 2.75) is 13.3 Å². The molecular weight excluding hydrogens is 134 g/mol. The molecule has 0 radical (unpaired) electrons. The van der Waals surface area contributed by atoms with Crippen molar-refractivity contribution in [3.63, 3.8) is 0 Å². The van der Waals surface area contributed by atoms with E-state index in [9.17, 15) is 0 Å². The van der Waals surface area contributed by atoms with Gasteiger partial charge in [0.1, 0.15) is 0 Å². The second-order valence-corrected chi connectivity index (χ2v) is 2.54. The molecule has 0 aromatic carbocycles. The monoisotopic (exact) mass is 147 g/mol. The first-order valence-corrected chi connectivity index (χ1v) is 3.89. The minimum Gasteiger partial charge on any atom is -0.293 e. The summed E-state index contributed by atoms with van der Waals surface area (Å²) in [5.74, 6) is 0. The van der Waals surface area contributed by atoms with E-state index in [1.807, 2.05) is 12.3 Å². The van der Waals surface area contributed by atoms with Crippen molar-refractivity contribution in [3.8, 4) is 0 Å². The van der Waals surface area contributed by atoms with E-state index >= 15 is 0 Å². The summed E-state index contributed by atoms with van der Waals surface area (Å²) >= 11 is 0. The van der Waals surface area contributed by atoms with Gasteiger partial charge in [0.25, 0.3) is 0 Å². The lowest BCUT2D eigenvalue weighted by molar-refractivity contribution is 1.01. The van der Waals surface area contributed by atoms with Crippen molar-refractivity contribution in [1.29, 1.82) is 0 Å². The summed E-state index contributed by atoms with van der Waals surface area (Å²) in [5.41, 5.74) is 1.26. The molecule has 58 valence electrons. The molecule has 0 saturated carbocycles. The van der Waals surface area contributed by atoms with E-state index in [0.717, 1.165) is 13.0 Å². The highest BCUT2D eigenvalue weighted by Gasteiger charge is 1.80. The molecule has 0 bridgehead atoms. The molecule has 0 fully saturated rings.